The highest BCUT2D eigenvalue weighted by atomic mass is 32.1. The summed E-state index contributed by atoms with van der Waals surface area (Å²) in [7, 11) is 1.65. The number of benzene rings is 5. The number of anilines is 3. The van der Waals surface area contributed by atoms with Gasteiger partial charge >= 0.3 is 17.9 Å². The number of aliphatic carboxylic acids is 3. The molecule has 3 aliphatic rings. The third kappa shape index (κ3) is 17.8. The van der Waals surface area contributed by atoms with Crippen LogP contribution in [0.4, 0.5) is 30.6 Å². The number of pyridine rings is 3. The summed E-state index contributed by atoms with van der Waals surface area (Å²) >= 11 is 1.67. The molecule has 9 N–H and O–H groups in total. The Kier molecular flexibility index (Phi) is 22.7. The Morgan fingerprint density at radius 2 is 0.895 bits per heavy atom. The van der Waals surface area contributed by atoms with Crippen LogP contribution in [-0.4, -0.2) is 90.2 Å². The first kappa shape index (κ1) is 67.9. The van der Waals surface area contributed by atoms with Gasteiger partial charge in [0.1, 0.15) is 57.9 Å². The lowest BCUT2D eigenvalue weighted by atomic mass is 9.82. The molecule has 0 bridgehead atoms. The second-order valence-corrected chi connectivity index (χ2v) is 25.6. The average molecular weight is 1310 g/mol. The number of para-hydroxylation sites is 2. The summed E-state index contributed by atoms with van der Waals surface area (Å²) in [6, 6.07) is 42.5. The Balaban J connectivity index is 0.000000156. The van der Waals surface area contributed by atoms with Crippen LogP contribution in [0.1, 0.15) is 82.6 Å². The smallest absolute Gasteiger partial charge is 0.306 e. The third-order valence-electron chi connectivity index (χ3n) is 18.1. The van der Waals surface area contributed by atoms with Crippen LogP contribution < -0.4 is 20.7 Å². The quantitative estimate of drug-likeness (QED) is 0.0365. The van der Waals surface area contributed by atoms with Gasteiger partial charge in [-0.3, -0.25) is 14.4 Å². The summed E-state index contributed by atoms with van der Waals surface area (Å²) < 4.78 is 48.4. The molecule has 0 atom stereocenters. The number of carboxylic acids is 3. The number of carbonyl (C=O) groups is 3. The number of aromatic nitrogens is 3. The number of phenolic OH excluding ortho intramolecular Hbond substituents is 3. The number of halogens is 3. The fourth-order valence-electron chi connectivity index (χ4n) is 12.7. The Bertz CT molecular complexity index is 4110. The van der Waals surface area contributed by atoms with Crippen LogP contribution in [0.2, 0.25) is 0 Å². The number of carboxylic acid groups (broad SMARTS) is 3. The zero-order valence-electron chi connectivity index (χ0n) is 52.8. The van der Waals surface area contributed by atoms with E-state index < -0.39 is 35.4 Å². The number of aromatic hydroxyl groups is 3. The van der Waals surface area contributed by atoms with Crippen LogP contribution in [0.15, 0.2) is 157 Å². The maximum atomic E-state index is 14.5. The van der Waals surface area contributed by atoms with Gasteiger partial charge in [0.2, 0.25) is 0 Å². The first-order valence-electron chi connectivity index (χ1n) is 32.0. The molecule has 0 saturated heterocycles. The minimum atomic E-state index is -0.776. The van der Waals surface area contributed by atoms with Crippen molar-refractivity contribution in [2.24, 2.45) is 35.5 Å². The summed E-state index contributed by atoms with van der Waals surface area (Å²) in [4.78, 5) is 48.7. The molecule has 0 spiro atoms. The molecule has 4 aromatic heterocycles. The fraction of sp³-hybridized carbons (Fsp3) is 0.307. The topological polar surface area (TPSA) is 257 Å². The van der Waals surface area contributed by atoms with Crippen molar-refractivity contribution in [2.45, 2.75) is 84.0 Å². The molecule has 3 fully saturated rings. The largest absolute Gasteiger partial charge is 0.507 e. The highest BCUT2D eigenvalue weighted by molar-refractivity contribution is 7.13. The van der Waals surface area contributed by atoms with E-state index in [4.69, 9.17) is 24.9 Å². The first-order valence-corrected chi connectivity index (χ1v) is 32.9. The van der Waals surface area contributed by atoms with Crippen molar-refractivity contribution in [3.63, 3.8) is 0 Å². The number of aryl methyl sites for hydroxylation is 1. The fourth-order valence-corrected chi connectivity index (χ4v) is 13.4. The Hall–Kier alpha value is -9.95. The molecular formula is C75H77F3N6O10S. The van der Waals surface area contributed by atoms with Gasteiger partial charge in [-0.1, -0.05) is 54.1 Å². The van der Waals surface area contributed by atoms with E-state index in [-0.39, 0.29) is 63.3 Å². The zero-order chi connectivity index (χ0) is 67.1. The molecule has 0 aliphatic heterocycles. The Labute approximate surface area is 553 Å². The molecule has 3 saturated carbocycles. The predicted molar refractivity (Wildman–Crippen MR) is 364 cm³/mol. The molecule has 5 aromatic carbocycles. The number of thiophene rings is 1. The molecule has 4 heterocycles. The van der Waals surface area contributed by atoms with Crippen molar-refractivity contribution in [3.8, 4) is 89.5 Å². The Morgan fingerprint density at radius 3 is 1.39 bits per heavy atom. The van der Waals surface area contributed by atoms with E-state index in [0.717, 1.165) is 152 Å². The number of hydrogen-bond donors (Lipinski definition) is 9. The standard InChI is InChI=1S/C27H30N2O4.C25H23F3N2O3.C23H24N2O3S/c1-17-7-12-24(30)22(13-17)23-14-20(21-5-3-4-6-25(21)33-2)15-26(29-23)28-16-18-8-10-19(11-9-18)27(31)32;26-17-8-9-22(31)18(12-17)21-10-16(24-19(27)2-1-3-20(24)28)11-23(30-21)29-13-14-4-6-15(7-5-14)25(32)33;26-20-5-2-1-4-18(20)19-12-17(21-6-3-11-29-21)13-22(25-19)24-14-15-7-9-16(10-8-15)23(27)28/h3-7,12-15,18-19,30H,8-11,16H2,1-2H3,(H,28,29)(H,31,32);1-3,8-12,14-15,31H,4-7,13H2,(H,29,30)(H,32,33);1-6,11-13,15-16,26H,7-10,14H2,(H,24,25)(H,27,28). The van der Waals surface area contributed by atoms with Gasteiger partial charge in [0, 0.05) is 46.8 Å². The van der Waals surface area contributed by atoms with Gasteiger partial charge < -0.3 is 51.3 Å². The van der Waals surface area contributed by atoms with Gasteiger partial charge in [-0.05, 0) is 227 Å². The van der Waals surface area contributed by atoms with Crippen LogP contribution in [0.25, 0.3) is 66.5 Å². The number of phenols is 3. The van der Waals surface area contributed by atoms with Gasteiger partial charge in [0.15, 0.2) is 0 Å². The van der Waals surface area contributed by atoms with Crippen molar-refractivity contribution in [1.29, 1.82) is 0 Å². The molecule has 3 aliphatic carbocycles. The van der Waals surface area contributed by atoms with E-state index in [0.29, 0.717) is 53.9 Å². The molecule has 20 heteroatoms. The number of nitrogens with one attached hydrogen (secondary N) is 3. The van der Waals surface area contributed by atoms with E-state index in [2.05, 4.69) is 27.0 Å². The molecular weight excluding hydrogens is 1230 g/mol. The Morgan fingerprint density at radius 1 is 0.463 bits per heavy atom. The summed E-state index contributed by atoms with van der Waals surface area (Å²) in [6.45, 7) is 3.98. The molecule has 9 aromatic rings. The van der Waals surface area contributed by atoms with E-state index >= 15 is 0 Å². The van der Waals surface area contributed by atoms with Gasteiger partial charge in [-0.15, -0.1) is 11.3 Å². The second-order valence-electron chi connectivity index (χ2n) is 24.7. The summed E-state index contributed by atoms with van der Waals surface area (Å²) in [5.41, 5.74) is 6.97. The minimum Gasteiger partial charge on any atom is -0.507 e. The number of hydrogen-bond acceptors (Lipinski definition) is 14. The minimum absolute atomic E-state index is 0.0959. The lowest BCUT2D eigenvalue weighted by Gasteiger charge is -2.26. The number of nitrogens with zero attached hydrogens (tertiary/aromatic N) is 3. The summed E-state index contributed by atoms with van der Waals surface area (Å²) in [6.07, 6.45) is 9.21. The molecule has 494 valence electrons. The monoisotopic (exact) mass is 1310 g/mol. The molecule has 0 radical (unpaired) electrons. The lowest BCUT2D eigenvalue weighted by molar-refractivity contribution is -0.144. The van der Waals surface area contributed by atoms with E-state index in [9.17, 15) is 48.0 Å². The summed E-state index contributed by atoms with van der Waals surface area (Å²) in [5, 5.41) is 70.7. The van der Waals surface area contributed by atoms with E-state index in [1.54, 1.807) is 36.6 Å². The molecule has 95 heavy (non-hydrogen) atoms. The van der Waals surface area contributed by atoms with E-state index in [1.807, 2.05) is 91.2 Å². The van der Waals surface area contributed by atoms with Crippen molar-refractivity contribution < 1.29 is 62.9 Å². The van der Waals surface area contributed by atoms with Crippen LogP contribution >= 0.6 is 11.3 Å². The number of methoxy groups -OCH3 is 1. The maximum Gasteiger partial charge on any atom is 0.306 e. The van der Waals surface area contributed by atoms with Gasteiger partial charge in [0.25, 0.3) is 0 Å². The summed E-state index contributed by atoms with van der Waals surface area (Å²) in [5.74, 6) is -1.14. The molecule has 0 amide bonds. The van der Waals surface area contributed by atoms with Gasteiger partial charge in [0.05, 0.1) is 47.5 Å². The lowest BCUT2D eigenvalue weighted by Crippen LogP contribution is -2.25. The third-order valence-corrected chi connectivity index (χ3v) is 19.0. The van der Waals surface area contributed by atoms with Crippen molar-refractivity contribution in [1.82, 2.24) is 15.0 Å². The molecule has 12 rings (SSSR count). The number of ether oxygens (including phenoxy) is 1. The first-order chi connectivity index (χ1) is 45.8. The normalized spacial score (nSPS) is 18.4. The average Bonchev–Trinajstić information content (AvgIpc) is 0.870. The zero-order valence-corrected chi connectivity index (χ0v) is 53.6. The maximum absolute atomic E-state index is 14.5. The van der Waals surface area contributed by atoms with Crippen LogP contribution in [0.5, 0.6) is 23.0 Å². The predicted octanol–water partition coefficient (Wildman–Crippen LogP) is 17.1. The SMILES string of the molecule is COc1ccccc1-c1cc(NCC2CCC(C(=O)O)CC2)nc(-c2cc(C)ccc2O)c1.O=C(O)C1CCC(CNc2cc(-c3c(F)cccc3F)cc(-c3cc(F)ccc3O)n2)CC1.O=C(O)C1CCC(CNc2cc(-c3cccs3)cc(-c3ccccc3O)n2)CC1. The van der Waals surface area contributed by atoms with Crippen LogP contribution in [0, 0.1) is 59.9 Å². The highest BCUT2D eigenvalue weighted by Crippen LogP contribution is 2.40. The van der Waals surface area contributed by atoms with E-state index in [1.165, 1.54) is 24.3 Å². The van der Waals surface area contributed by atoms with Crippen molar-refractivity contribution in [3.05, 3.63) is 180 Å². The van der Waals surface area contributed by atoms with Crippen molar-refractivity contribution >= 4 is 46.7 Å². The van der Waals surface area contributed by atoms with Gasteiger partial charge in [-0.25, -0.2) is 28.1 Å². The highest BCUT2D eigenvalue weighted by Gasteiger charge is 2.29. The van der Waals surface area contributed by atoms with Crippen LogP contribution in [0.3, 0.4) is 0 Å². The number of rotatable bonds is 19. The molecule has 0 unspecified atom stereocenters. The van der Waals surface area contributed by atoms with Gasteiger partial charge in [-0.2, -0.15) is 0 Å². The second kappa shape index (κ2) is 31.8. The van der Waals surface area contributed by atoms with Crippen molar-refractivity contribution in [2.75, 3.05) is 42.7 Å². The molecule has 16 nitrogen and oxygen atoms in total. The van der Waals surface area contributed by atoms with Crippen LogP contribution in [-0.2, 0) is 14.4 Å².